The van der Waals surface area contributed by atoms with Crippen molar-refractivity contribution < 1.29 is 29.0 Å². The van der Waals surface area contributed by atoms with Crippen LogP contribution < -0.4 is 5.32 Å². The predicted octanol–water partition coefficient (Wildman–Crippen LogP) is 2.53. The summed E-state index contributed by atoms with van der Waals surface area (Å²) in [7, 11) is 0. The smallest absolute Gasteiger partial charge is 0.322 e. The molecule has 1 amide bonds. The van der Waals surface area contributed by atoms with Gasteiger partial charge in [0, 0.05) is 22.7 Å². The molecule has 1 heterocycles. The van der Waals surface area contributed by atoms with Crippen LogP contribution in [-0.2, 0) is 16.0 Å². The van der Waals surface area contributed by atoms with Crippen LogP contribution in [0.25, 0.3) is 10.9 Å². The maximum atomic E-state index is 14.0. The Morgan fingerprint density at radius 1 is 1.10 bits per heavy atom. The zero-order valence-corrected chi connectivity index (χ0v) is 15.8. The molecular weight excluding hydrogens is 379 g/mol. The van der Waals surface area contributed by atoms with E-state index in [2.05, 4.69) is 5.32 Å². The first-order chi connectivity index (χ1) is 13.7. The lowest BCUT2D eigenvalue weighted by Gasteiger charge is -2.08. The quantitative estimate of drug-likeness (QED) is 0.612. The van der Waals surface area contributed by atoms with Crippen molar-refractivity contribution in [1.82, 2.24) is 9.88 Å². The summed E-state index contributed by atoms with van der Waals surface area (Å²) in [6.45, 7) is 2.95. The number of phenolic OH excluding ortho intramolecular Hbond substituents is 1. The van der Waals surface area contributed by atoms with Crippen LogP contribution >= 0.6 is 0 Å². The molecule has 0 saturated heterocycles. The molecule has 0 atom stereocenters. The number of aromatic hydroxyl groups is 1. The van der Waals surface area contributed by atoms with Crippen LogP contribution in [0.5, 0.6) is 5.75 Å². The zero-order chi connectivity index (χ0) is 21.3. The van der Waals surface area contributed by atoms with E-state index >= 15 is 0 Å². The Hall–Kier alpha value is -3.68. The molecule has 0 bridgehead atoms. The Kier molecular flexibility index (Phi) is 5.36. The molecule has 8 heteroatoms. The van der Waals surface area contributed by atoms with Crippen LogP contribution in [0.4, 0.5) is 4.39 Å². The lowest BCUT2D eigenvalue weighted by Crippen LogP contribution is -2.30. The van der Waals surface area contributed by atoms with Crippen molar-refractivity contribution in [3.05, 3.63) is 64.6 Å². The van der Waals surface area contributed by atoms with Gasteiger partial charge in [-0.15, -0.1) is 0 Å². The normalized spacial score (nSPS) is 10.9. The summed E-state index contributed by atoms with van der Waals surface area (Å²) in [6.07, 6.45) is -0.227. The summed E-state index contributed by atoms with van der Waals surface area (Å²) >= 11 is 0. The summed E-state index contributed by atoms with van der Waals surface area (Å²) < 4.78 is 15.3. The molecule has 2 aromatic carbocycles. The Morgan fingerprint density at radius 3 is 2.38 bits per heavy atom. The average Bonchev–Trinajstić information content (AvgIpc) is 2.91. The predicted molar refractivity (Wildman–Crippen MR) is 104 cm³/mol. The van der Waals surface area contributed by atoms with Gasteiger partial charge in [-0.2, -0.15) is 0 Å². The summed E-state index contributed by atoms with van der Waals surface area (Å²) in [5.41, 5.74) is 2.37. The molecule has 0 aliphatic rings. The van der Waals surface area contributed by atoms with Crippen molar-refractivity contribution in [2.24, 2.45) is 0 Å². The minimum absolute atomic E-state index is 0.212. The highest BCUT2D eigenvalue weighted by Gasteiger charge is 2.23. The number of hydrogen-bond donors (Lipinski definition) is 3. The molecule has 0 aliphatic carbocycles. The SMILES string of the molecule is Cc1ccc(C(=O)n2c(C)c(CC(=O)NCC(=O)O)c3cc(O)c(F)cc32)cc1. The van der Waals surface area contributed by atoms with E-state index in [9.17, 15) is 23.9 Å². The second-order valence-corrected chi connectivity index (χ2v) is 6.74. The van der Waals surface area contributed by atoms with Crippen molar-refractivity contribution in [1.29, 1.82) is 0 Å². The number of carbonyl (C=O) groups excluding carboxylic acids is 2. The van der Waals surface area contributed by atoms with Crippen LogP contribution in [0.1, 0.15) is 27.2 Å². The number of carbonyl (C=O) groups is 3. The Morgan fingerprint density at radius 2 is 1.76 bits per heavy atom. The van der Waals surface area contributed by atoms with E-state index in [1.807, 2.05) is 6.92 Å². The number of hydrogen-bond acceptors (Lipinski definition) is 4. The van der Waals surface area contributed by atoms with Crippen molar-refractivity contribution >= 4 is 28.7 Å². The molecular formula is C21H19FN2O5. The number of aliphatic carboxylic acids is 1. The molecule has 3 rings (SSSR count). The Balaban J connectivity index is 2.12. The number of nitrogens with zero attached hydrogens (tertiary/aromatic N) is 1. The number of nitrogens with one attached hydrogen (secondary N) is 1. The lowest BCUT2D eigenvalue weighted by atomic mass is 10.1. The number of amides is 1. The number of rotatable bonds is 5. The molecule has 29 heavy (non-hydrogen) atoms. The number of fused-ring (bicyclic) bond motifs is 1. The molecule has 0 unspecified atom stereocenters. The van der Waals surface area contributed by atoms with Crippen LogP contribution in [0.3, 0.4) is 0 Å². The fourth-order valence-corrected chi connectivity index (χ4v) is 3.20. The summed E-state index contributed by atoms with van der Waals surface area (Å²) in [6, 6.07) is 9.07. The Bertz CT molecular complexity index is 1130. The van der Waals surface area contributed by atoms with E-state index in [0.29, 0.717) is 22.2 Å². The van der Waals surface area contributed by atoms with E-state index in [1.54, 1.807) is 31.2 Å². The highest BCUT2D eigenvalue weighted by molar-refractivity contribution is 6.05. The molecule has 150 valence electrons. The number of benzene rings is 2. The number of carboxylic acids is 1. The standard InChI is InChI=1S/C21H19FN2O5/c1-11-3-5-13(6-4-11)21(29)24-12(2)14(8-19(26)23-10-20(27)28)15-7-18(25)16(22)9-17(15)24/h3-7,9,25H,8,10H2,1-2H3,(H,23,26)(H,27,28). The molecule has 3 aromatic rings. The van der Waals surface area contributed by atoms with Crippen molar-refractivity contribution in [2.45, 2.75) is 20.3 Å². The van der Waals surface area contributed by atoms with Crippen LogP contribution in [0.2, 0.25) is 0 Å². The summed E-state index contributed by atoms with van der Waals surface area (Å²) in [5, 5.41) is 21.1. The van der Waals surface area contributed by atoms with Crippen LogP contribution in [-0.4, -0.2) is 39.1 Å². The highest BCUT2D eigenvalue weighted by Crippen LogP contribution is 2.32. The fourth-order valence-electron chi connectivity index (χ4n) is 3.20. The third-order valence-electron chi connectivity index (χ3n) is 4.68. The van der Waals surface area contributed by atoms with Crippen molar-refractivity contribution in [3.63, 3.8) is 0 Å². The van der Waals surface area contributed by atoms with Gasteiger partial charge in [0.2, 0.25) is 5.91 Å². The first kappa shape index (κ1) is 20.1. The number of phenols is 1. The van der Waals surface area contributed by atoms with Gasteiger partial charge in [-0.3, -0.25) is 19.0 Å². The van der Waals surface area contributed by atoms with Crippen molar-refractivity contribution in [2.75, 3.05) is 6.54 Å². The average molecular weight is 398 g/mol. The molecule has 1 aromatic heterocycles. The van der Waals surface area contributed by atoms with Gasteiger partial charge in [-0.1, -0.05) is 17.7 Å². The molecule has 0 spiro atoms. The van der Waals surface area contributed by atoms with Gasteiger partial charge in [0.15, 0.2) is 11.6 Å². The number of halogens is 1. The monoisotopic (exact) mass is 398 g/mol. The number of aromatic nitrogens is 1. The van der Waals surface area contributed by atoms with Gasteiger partial charge in [0.05, 0.1) is 11.9 Å². The zero-order valence-electron chi connectivity index (χ0n) is 15.8. The maximum Gasteiger partial charge on any atom is 0.322 e. The van der Waals surface area contributed by atoms with Gasteiger partial charge < -0.3 is 15.5 Å². The van der Waals surface area contributed by atoms with E-state index < -0.39 is 35.9 Å². The van der Waals surface area contributed by atoms with E-state index in [1.165, 1.54) is 4.57 Å². The van der Waals surface area contributed by atoms with E-state index in [0.717, 1.165) is 17.7 Å². The minimum atomic E-state index is -1.19. The first-order valence-corrected chi connectivity index (χ1v) is 8.81. The molecule has 0 aliphatic heterocycles. The molecule has 0 fully saturated rings. The minimum Gasteiger partial charge on any atom is -0.505 e. The van der Waals surface area contributed by atoms with Gasteiger partial charge in [0.1, 0.15) is 6.54 Å². The van der Waals surface area contributed by atoms with E-state index in [-0.39, 0.29) is 11.9 Å². The molecule has 3 N–H and O–H groups in total. The van der Waals surface area contributed by atoms with Gasteiger partial charge in [-0.25, -0.2) is 4.39 Å². The largest absolute Gasteiger partial charge is 0.505 e. The number of carboxylic acid groups (broad SMARTS) is 1. The second kappa shape index (κ2) is 7.75. The summed E-state index contributed by atoms with van der Waals surface area (Å²) in [5.74, 6) is -3.66. The van der Waals surface area contributed by atoms with Crippen LogP contribution in [0, 0.1) is 19.7 Å². The topological polar surface area (TPSA) is 109 Å². The van der Waals surface area contributed by atoms with Crippen LogP contribution in [0.15, 0.2) is 36.4 Å². The second-order valence-electron chi connectivity index (χ2n) is 6.74. The van der Waals surface area contributed by atoms with Gasteiger partial charge in [-0.05, 0) is 37.6 Å². The lowest BCUT2D eigenvalue weighted by molar-refractivity contribution is -0.137. The molecule has 7 nitrogen and oxygen atoms in total. The molecule has 0 radical (unpaired) electrons. The maximum absolute atomic E-state index is 14.0. The fraction of sp³-hybridized carbons (Fsp3) is 0.190. The number of aryl methyl sites for hydroxylation is 1. The van der Waals surface area contributed by atoms with Crippen molar-refractivity contribution in [3.8, 4) is 5.75 Å². The third-order valence-corrected chi connectivity index (χ3v) is 4.68. The summed E-state index contributed by atoms with van der Waals surface area (Å²) in [4.78, 5) is 35.9. The molecule has 0 saturated carbocycles. The highest BCUT2D eigenvalue weighted by atomic mass is 19.1. The van der Waals surface area contributed by atoms with E-state index in [4.69, 9.17) is 5.11 Å². The van der Waals surface area contributed by atoms with Gasteiger partial charge >= 0.3 is 5.97 Å². The Labute approximate surface area is 165 Å². The first-order valence-electron chi connectivity index (χ1n) is 8.81. The third kappa shape index (κ3) is 3.96. The van der Waals surface area contributed by atoms with Gasteiger partial charge in [0.25, 0.3) is 5.91 Å².